The molecule has 1 aromatic rings. The van der Waals surface area contributed by atoms with Crippen molar-refractivity contribution in [3.05, 3.63) is 40.5 Å². The van der Waals surface area contributed by atoms with Gasteiger partial charge in [0.25, 0.3) is 5.91 Å². The van der Waals surface area contributed by atoms with Crippen molar-refractivity contribution in [3.63, 3.8) is 0 Å². The summed E-state index contributed by atoms with van der Waals surface area (Å²) in [5.74, 6) is 2.14. The minimum absolute atomic E-state index is 0.00225. The van der Waals surface area contributed by atoms with Crippen molar-refractivity contribution in [2.24, 2.45) is 0 Å². The van der Waals surface area contributed by atoms with Gasteiger partial charge in [0.2, 0.25) is 11.2 Å². The Hall–Kier alpha value is -2.32. The number of carbonyl (C=O) groups excluding carboxylic acids is 1. The van der Waals surface area contributed by atoms with E-state index >= 15 is 0 Å². The van der Waals surface area contributed by atoms with Crippen LogP contribution in [0.15, 0.2) is 29.6 Å². The zero-order valence-electron chi connectivity index (χ0n) is 11.4. The van der Waals surface area contributed by atoms with Crippen LogP contribution in [0.3, 0.4) is 0 Å². The molecule has 0 aliphatic carbocycles. The molecule has 1 heterocycles. The third kappa shape index (κ3) is 3.84. The smallest absolute Gasteiger partial charge is 0.262 e. The Morgan fingerprint density at radius 2 is 2.30 bits per heavy atom. The third-order valence-corrected chi connectivity index (χ3v) is 2.55. The lowest BCUT2D eigenvalue weighted by atomic mass is 10.2. The Labute approximate surface area is 122 Å². The molecule has 6 heteroatoms. The van der Waals surface area contributed by atoms with Crippen LogP contribution in [-0.2, 0) is 0 Å². The van der Waals surface area contributed by atoms with Gasteiger partial charge in [-0.3, -0.25) is 4.79 Å². The largest absolute Gasteiger partial charge is 0.480 e. The predicted molar refractivity (Wildman–Crippen MR) is 77.4 cm³/mol. The van der Waals surface area contributed by atoms with E-state index in [4.69, 9.17) is 22.8 Å². The highest BCUT2D eigenvalue weighted by Gasteiger charge is 2.16. The highest BCUT2D eigenvalue weighted by atomic mass is 35.5. The molecule has 20 heavy (non-hydrogen) atoms. The monoisotopic (exact) mass is 291 g/mol. The van der Waals surface area contributed by atoms with Gasteiger partial charge in [-0.05, 0) is 31.5 Å². The van der Waals surface area contributed by atoms with Crippen molar-refractivity contribution in [3.8, 4) is 18.2 Å². The van der Waals surface area contributed by atoms with Crippen molar-refractivity contribution in [1.29, 1.82) is 0 Å². The zero-order chi connectivity index (χ0) is 15.1. The summed E-state index contributed by atoms with van der Waals surface area (Å²) in [6, 6.07) is 0. The van der Waals surface area contributed by atoms with Gasteiger partial charge in [0.1, 0.15) is 5.56 Å². The number of methoxy groups -OCH3 is 1. The molecule has 0 aliphatic heterocycles. The first-order valence-corrected chi connectivity index (χ1v) is 6.09. The third-order valence-electron chi connectivity index (χ3n) is 2.36. The van der Waals surface area contributed by atoms with Crippen molar-refractivity contribution in [2.45, 2.75) is 13.8 Å². The SMILES string of the molecule is C#C/C(C)=C(/C=C\C)NC(=O)c1cnc(Cl)nc1OC. The topological polar surface area (TPSA) is 64.1 Å². The van der Waals surface area contributed by atoms with E-state index in [1.165, 1.54) is 13.3 Å². The number of rotatable bonds is 4. The molecule has 0 saturated carbocycles. The van der Waals surface area contributed by atoms with Crippen molar-refractivity contribution < 1.29 is 9.53 Å². The summed E-state index contributed by atoms with van der Waals surface area (Å²) < 4.78 is 5.00. The molecule has 0 bridgehead atoms. The average molecular weight is 292 g/mol. The number of hydrogen-bond acceptors (Lipinski definition) is 4. The Bertz CT molecular complexity index is 615. The number of hydrogen-bond donors (Lipinski definition) is 1. The fraction of sp³-hybridized carbons (Fsp3) is 0.214. The van der Waals surface area contributed by atoms with Crippen LogP contribution >= 0.6 is 11.6 Å². The molecule has 0 saturated heterocycles. The van der Waals surface area contributed by atoms with Crippen LogP contribution in [0.25, 0.3) is 0 Å². The molecular formula is C14H14ClN3O2. The van der Waals surface area contributed by atoms with E-state index in [0.717, 1.165) is 0 Å². The van der Waals surface area contributed by atoms with Crippen LogP contribution in [0.2, 0.25) is 5.28 Å². The summed E-state index contributed by atoms with van der Waals surface area (Å²) in [7, 11) is 1.39. The van der Waals surface area contributed by atoms with Gasteiger partial charge in [0.05, 0.1) is 12.8 Å². The molecule has 1 aromatic heterocycles. The first-order valence-electron chi connectivity index (χ1n) is 5.71. The second-order valence-electron chi connectivity index (χ2n) is 3.70. The highest BCUT2D eigenvalue weighted by Crippen LogP contribution is 2.16. The van der Waals surface area contributed by atoms with Crippen LogP contribution < -0.4 is 10.1 Å². The molecule has 0 fully saturated rings. The first-order chi connectivity index (χ1) is 9.53. The Morgan fingerprint density at radius 3 is 2.85 bits per heavy atom. The molecule has 0 aliphatic rings. The van der Waals surface area contributed by atoms with Crippen LogP contribution in [0.4, 0.5) is 0 Å². The average Bonchev–Trinajstić information content (AvgIpc) is 2.45. The van der Waals surface area contributed by atoms with Gasteiger partial charge in [-0.25, -0.2) is 4.98 Å². The fourth-order valence-electron chi connectivity index (χ4n) is 1.35. The molecule has 1 N–H and O–H groups in total. The van der Waals surface area contributed by atoms with Gasteiger partial charge in [0, 0.05) is 11.8 Å². The molecule has 1 rings (SSSR count). The van der Waals surface area contributed by atoms with E-state index in [0.29, 0.717) is 11.3 Å². The van der Waals surface area contributed by atoms with Gasteiger partial charge in [-0.1, -0.05) is 12.0 Å². The van der Waals surface area contributed by atoms with Crippen LogP contribution in [0, 0.1) is 12.3 Å². The van der Waals surface area contributed by atoms with E-state index in [1.54, 1.807) is 19.1 Å². The van der Waals surface area contributed by atoms with Crippen LogP contribution in [0.1, 0.15) is 24.2 Å². The first kappa shape index (κ1) is 15.7. The maximum absolute atomic E-state index is 12.2. The number of terminal acetylenes is 1. The summed E-state index contributed by atoms with van der Waals surface area (Å²) in [6.45, 7) is 3.55. The maximum Gasteiger partial charge on any atom is 0.262 e. The standard InChI is InChI=1S/C14H14ClN3O2/c1-5-7-11(9(3)6-2)17-12(19)10-8-16-14(15)18-13(10)20-4/h2,5,7-8H,1,3-4H3,(H,17,19)/b7-5-,11-9-. The van der Waals surface area contributed by atoms with Gasteiger partial charge < -0.3 is 10.1 Å². The summed E-state index contributed by atoms with van der Waals surface area (Å²) in [4.78, 5) is 19.8. The number of carbonyl (C=O) groups is 1. The second kappa shape index (κ2) is 7.31. The maximum atomic E-state index is 12.2. The van der Waals surface area contributed by atoms with Gasteiger partial charge in [0.15, 0.2) is 0 Å². The number of nitrogens with zero attached hydrogens (tertiary/aromatic N) is 2. The van der Waals surface area contributed by atoms with Gasteiger partial charge >= 0.3 is 0 Å². The lowest BCUT2D eigenvalue weighted by Crippen LogP contribution is -2.24. The Morgan fingerprint density at radius 1 is 1.60 bits per heavy atom. The van der Waals surface area contributed by atoms with Crippen LogP contribution in [-0.4, -0.2) is 23.0 Å². The molecule has 1 amide bonds. The molecule has 0 aromatic carbocycles. The molecule has 0 unspecified atom stereocenters. The summed E-state index contributed by atoms with van der Waals surface area (Å²) in [6.07, 6.45) is 10.1. The number of halogens is 1. The van der Waals surface area contributed by atoms with Crippen molar-refractivity contribution in [1.82, 2.24) is 15.3 Å². The minimum Gasteiger partial charge on any atom is -0.480 e. The van der Waals surface area contributed by atoms with E-state index < -0.39 is 5.91 Å². The Kier molecular flexibility index (Phi) is 5.75. The van der Waals surface area contributed by atoms with E-state index in [1.807, 2.05) is 6.92 Å². The lowest BCUT2D eigenvalue weighted by Gasteiger charge is -2.09. The fourth-order valence-corrected chi connectivity index (χ4v) is 1.48. The van der Waals surface area contributed by atoms with Crippen LogP contribution in [0.5, 0.6) is 5.88 Å². The summed E-state index contributed by atoms with van der Waals surface area (Å²) in [5.41, 5.74) is 1.30. The molecule has 0 atom stereocenters. The summed E-state index contributed by atoms with van der Waals surface area (Å²) in [5, 5.41) is 2.69. The number of amides is 1. The lowest BCUT2D eigenvalue weighted by molar-refractivity contribution is 0.0962. The molecular weight excluding hydrogens is 278 g/mol. The normalized spacial score (nSPS) is 11.8. The van der Waals surface area contributed by atoms with E-state index in [-0.39, 0.29) is 16.7 Å². The molecule has 104 valence electrons. The van der Waals surface area contributed by atoms with Crippen molar-refractivity contribution in [2.75, 3.05) is 7.11 Å². The predicted octanol–water partition coefficient (Wildman–Crippen LogP) is 2.35. The van der Waals surface area contributed by atoms with E-state index in [2.05, 4.69) is 21.2 Å². The minimum atomic E-state index is -0.429. The molecule has 0 spiro atoms. The zero-order valence-corrected chi connectivity index (χ0v) is 12.2. The van der Waals surface area contributed by atoms with E-state index in [9.17, 15) is 4.79 Å². The second-order valence-corrected chi connectivity index (χ2v) is 4.04. The number of aromatic nitrogens is 2. The highest BCUT2D eigenvalue weighted by molar-refractivity contribution is 6.28. The Balaban J connectivity index is 3.11. The quantitative estimate of drug-likeness (QED) is 0.525. The number of ether oxygens (including phenoxy) is 1. The molecule has 0 radical (unpaired) electrons. The van der Waals surface area contributed by atoms with Gasteiger partial charge in [-0.2, -0.15) is 4.98 Å². The van der Waals surface area contributed by atoms with Gasteiger partial charge in [-0.15, -0.1) is 6.42 Å². The van der Waals surface area contributed by atoms with Crippen molar-refractivity contribution >= 4 is 17.5 Å². The number of allylic oxidation sites excluding steroid dienone is 3. The summed E-state index contributed by atoms with van der Waals surface area (Å²) >= 11 is 5.65. The number of nitrogens with one attached hydrogen (secondary N) is 1. The molecule has 5 nitrogen and oxygen atoms in total.